The number of carbonyl (C=O) groups excluding carboxylic acids is 1. The summed E-state index contributed by atoms with van der Waals surface area (Å²) in [4.78, 5) is 19.5. The summed E-state index contributed by atoms with van der Waals surface area (Å²) in [7, 11) is 0. The zero-order valence-corrected chi connectivity index (χ0v) is 15.7. The molecule has 0 saturated heterocycles. The fraction of sp³-hybridized carbons (Fsp3) is 0.364. The predicted octanol–water partition coefficient (Wildman–Crippen LogP) is 4.75. The Labute approximate surface area is 158 Å². The molecule has 5 nitrogen and oxygen atoms in total. The lowest BCUT2D eigenvalue weighted by molar-refractivity contribution is 0.102. The van der Waals surface area contributed by atoms with Crippen LogP contribution in [0.1, 0.15) is 35.7 Å². The van der Waals surface area contributed by atoms with Crippen LogP contribution in [0, 0.1) is 12.8 Å². The minimum atomic E-state index is -0.709. The molecule has 0 saturated carbocycles. The first kappa shape index (κ1) is 17.6. The van der Waals surface area contributed by atoms with Gasteiger partial charge in [0.05, 0.1) is 18.3 Å². The minimum Gasteiger partial charge on any atom is -0.434 e. The van der Waals surface area contributed by atoms with Crippen molar-refractivity contribution in [3.8, 4) is 5.88 Å². The number of aromatic nitrogens is 2. The summed E-state index contributed by atoms with van der Waals surface area (Å²) in [5.41, 5.74) is 5.90. The molecule has 2 heterocycles. The summed E-state index contributed by atoms with van der Waals surface area (Å²) in [5, 5.41) is 1.14. The molecule has 3 aromatic rings. The van der Waals surface area contributed by atoms with E-state index in [1.54, 1.807) is 13.1 Å². The van der Waals surface area contributed by atoms with Gasteiger partial charge >= 0.3 is 6.16 Å². The van der Waals surface area contributed by atoms with Gasteiger partial charge in [0.1, 0.15) is 0 Å². The Morgan fingerprint density at radius 3 is 2.89 bits per heavy atom. The summed E-state index contributed by atoms with van der Waals surface area (Å²) in [6.07, 6.45) is 5.36. The first-order chi connectivity index (χ1) is 13.2. The second-order valence-corrected chi connectivity index (χ2v) is 7.14. The van der Waals surface area contributed by atoms with E-state index in [4.69, 9.17) is 9.47 Å². The van der Waals surface area contributed by atoms with Crippen molar-refractivity contribution >= 4 is 17.1 Å². The quantitative estimate of drug-likeness (QED) is 0.678. The number of ether oxygens (including phenoxy) is 2. The van der Waals surface area contributed by atoms with Crippen LogP contribution in [-0.2, 0) is 24.0 Å². The van der Waals surface area contributed by atoms with E-state index in [9.17, 15) is 4.79 Å². The van der Waals surface area contributed by atoms with Crippen LogP contribution in [0.3, 0.4) is 0 Å². The highest BCUT2D eigenvalue weighted by Crippen LogP contribution is 2.36. The first-order valence-electron chi connectivity index (χ1n) is 9.53. The number of carbonyl (C=O) groups is 1. The Morgan fingerprint density at radius 2 is 2.11 bits per heavy atom. The molecule has 4 rings (SSSR count). The molecular formula is C22H24N2O3. The number of nitrogens with one attached hydrogen (secondary N) is 1. The number of hydrogen-bond acceptors (Lipinski definition) is 4. The topological polar surface area (TPSA) is 64.2 Å². The van der Waals surface area contributed by atoms with Crippen LogP contribution in [0.2, 0.25) is 0 Å². The van der Waals surface area contributed by atoms with Crippen molar-refractivity contribution in [2.75, 3.05) is 6.61 Å². The van der Waals surface area contributed by atoms with Gasteiger partial charge in [-0.1, -0.05) is 30.3 Å². The van der Waals surface area contributed by atoms with Crippen LogP contribution in [0.5, 0.6) is 5.88 Å². The fourth-order valence-corrected chi connectivity index (χ4v) is 4.09. The van der Waals surface area contributed by atoms with Gasteiger partial charge in [-0.2, -0.15) is 0 Å². The molecule has 0 amide bonds. The average Bonchev–Trinajstić information content (AvgIpc) is 3.04. The van der Waals surface area contributed by atoms with Crippen LogP contribution in [0.4, 0.5) is 4.79 Å². The third kappa shape index (κ3) is 3.54. The lowest BCUT2D eigenvalue weighted by Gasteiger charge is -2.23. The smallest absolute Gasteiger partial charge is 0.434 e. The van der Waals surface area contributed by atoms with E-state index in [1.165, 1.54) is 23.2 Å². The Morgan fingerprint density at radius 1 is 1.30 bits per heavy atom. The van der Waals surface area contributed by atoms with Crippen molar-refractivity contribution in [3.05, 3.63) is 58.9 Å². The number of hydrogen-bond donors (Lipinski definition) is 1. The molecule has 140 valence electrons. The predicted molar refractivity (Wildman–Crippen MR) is 104 cm³/mol. The van der Waals surface area contributed by atoms with Crippen molar-refractivity contribution < 1.29 is 14.3 Å². The number of benzene rings is 1. The molecule has 1 N–H and O–H groups in total. The molecule has 0 bridgehead atoms. The Kier molecular flexibility index (Phi) is 4.84. The lowest BCUT2D eigenvalue weighted by Crippen LogP contribution is -2.16. The van der Waals surface area contributed by atoms with E-state index in [1.807, 2.05) is 6.92 Å². The third-order valence-electron chi connectivity index (χ3n) is 5.33. The average molecular weight is 364 g/mol. The van der Waals surface area contributed by atoms with E-state index < -0.39 is 6.16 Å². The van der Waals surface area contributed by atoms with Crippen molar-refractivity contribution in [2.24, 2.45) is 5.92 Å². The van der Waals surface area contributed by atoms with E-state index in [0.29, 0.717) is 11.8 Å². The van der Waals surface area contributed by atoms with Gasteiger partial charge in [-0.25, -0.2) is 9.78 Å². The second kappa shape index (κ2) is 7.43. The molecule has 1 aliphatic rings. The van der Waals surface area contributed by atoms with Crippen LogP contribution < -0.4 is 4.74 Å². The van der Waals surface area contributed by atoms with Gasteiger partial charge in [-0.05, 0) is 56.6 Å². The summed E-state index contributed by atoms with van der Waals surface area (Å²) >= 11 is 0. The highest BCUT2D eigenvalue weighted by atomic mass is 16.7. The molecule has 27 heavy (non-hydrogen) atoms. The van der Waals surface area contributed by atoms with Crippen LogP contribution in [0.15, 0.2) is 36.5 Å². The SMILES string of the molecule is CCOC(=O)Oc1ncc2[nH]c3c(c2c1C)CC(Cc1ccccc1)CC3. The number of pyridine rings is 1. The van der Waals surface area contributed by atoms with Crippen molar-refractivity contribution in [1.82, 2.24) is 9.97 Å². The molecule has 0 radical (unpaired) electrons. The normalized spacial score (nSPS) is 16.1. The molecular weight excluding hydrogens is 340 g/mol. The Bertz CT molecular complexity index is 963. The van der Waals surface area contributed by atoms with Crippen LogP contribution in [-0.4, -0.2) is 22.7 Å². The van der Waals surface area contributed by atoms with Gasteiger partial charge < -0.3 is 14.5 Å². The van der Waals surface area contributed by atoms with Gasteiger partial charge in [0, 0.05) is 16.6 Å². The van der Waals surface area contributed by atoms with Gasteiger partial charge in [0.15, 0.2) is 0 Å². The van der Waals surface area contributed by atoms with E-state index in [2.05, 4.69) is 40.3 Å². The number of aryl methyl sites for hydroxylation is 2. The summed E-state index contributed by atoms with van der Waals surface area (Å²) < 4.78 is 10.2. The van der Waals surface area contributed by atoms with E-state index >= 15 is 0 Å². The van der Waals surface area contributed by atoms with E-state index in [0.717, 1.165) is 35.7 Å². The van der Waals surface area contributed by atoms with Gasteiger partial charge in [0.2, 0.25) is 5.88 Å². The maximum absolute atomic E-state index is 11.7. The van der Waals surface area contributed by atoms with Crippen LogP contribution in [0.25, 0.3) is 10.9 Å². The number of rotatable bonds is 4. The number of H-pyrrole nitrogens is 1. The molecule has 0 fully saturated rings. The summed E-state index contributed by atoms with van der Waals surface area (Å²) in [5.74, 6) is 0.939. The molecule has 5 heteroatoms. The molecule has 1 aromatic carbocycles. The highest BCUT2D eigenvalue weighted by Gasteiger charge is 2.25. The maximum atomic E-state index is 11.7. The number of fused-ring (bicyclic) bond motifs is 3. The molecule has 1 atom stereocenters. The zero-order chi connectivity index (χ0) is 18.8. The van der Waals surface area contributed by atoms with E-state index in [-0.39, 0.29) is 6.61 Å². The highest BCUT2D eigenvalue weighted by molar-refractivity contribution is 5.89. The Hall–Kier alpha value is -2.82. The summed E-state index contributed by atoms with van der Waals surface area (Å²) in [6, 6.07) is 10.7. The molecule has 1 aliphatic carbocycles. The fourth-order valence-electron chi connectivity index (χ4n) is 4.09. The van der Waals surface area contributed by atoms with Crippen molar-refractivity contribution in [3.63, 3.8) is 0 Å². The van der Waals surface area contributed by atoms with Gasteiger partial charge in [-0.15, -0.1) is 0 Å². The third-order valence-corrected chi connectivity index (χ3v) is 5.33. The molecule has 0 spiro atoms. The largest absolute Gasteiger partial charge is 0.515 e. The zero-order valence-electron chi connectivity index (χ0n) is 15.7. The Balaban J connectivity index is 1.63. The summed E-state index contributed by atoms with van der Waals surface area (Å²) in [6.45, 7) is 3.99. The van der Waals surface area contributed by atoms with Crippen LogP contribution >= 0.6 is 0 Å². The standard InChI is InChI=1S/C22H24N2O3/c1-3-26-22(25)27-21-14(2)20-17-12-16(11-15-7-5-4-6-8-15)9-10-18(17)24-19(20)13-23-21/h4-8,13,16,24H,3,9-12H2,1-2H3. The second-order valence-electron chi connectivity index (χ2n) is 7.14. The monoisotopic (exact) mass is 364 g/mol. The van der Waals surface area contributed by atoms with Crippen molar-refractivity contribution in [1.29, 1.82) is 0 Å². The molecule has 1 unspecified atom stereocenters. The number of nitrogens with zero attached hydrogens (tertiary/aromatic N) is 1. The molecule has 2 aromatic heterocycles. The lowest BCUT2D eigenvalue weighted by atomic mass is 9.82. The maximum Gasteiger partial charge on any atom is 0.515 e. The molecule has 0 aliphatic heterocycles. The first-order valence-corrected chi connectivity index (χ1v) is 9.53. The van der Waals surface area contributed by atoms with Crippen molar-refractivity contribution in [2.45, 2.75) is 39.5 Å². The van der Waals surface area contributed by atoms with Gasteiger partial charge in [0.25, 0.3) is 0 Å². The van der Waals surface area contributed by atoms with Gasteiger partial charge in [-0.3, -0.25) is 0 Å². The number of aromatic amines is 1. The minimum absolute atomic E-state index is 0.279.